The number of aryl methyl sites for hydroxylation is 2. The number of aromatic nitrogens is 2. The molecule has 0 unspecified atom stereocenters. The molecule has 1 aliphatic carbocycles. The molecule has 2 fully saturated rings. The molecule has 3 aromatic rings. The minimum absolute atomic E-state index is 0.0103. The van der Waals surface area contributed by atoms with Gasteiger partial charge in [-0.05, 0) is 68.4 Å². The van der Waals surface area contributed by atoms with Crippen LogP contribution in [0.1, 0.15) is 54.6 Å². The maximum Gasteiger partial charge on any atom is 0.264 e. The van der Waals surface area contributed by atoms with Gasteiger partial charge < -0.3 is 14.4 Å². The van der Waals surface area contributed by atoms with E-state index in [0.717, 1.165) is 49.0 Å². The molecule has 3 heterocycles. The van der Waals surface area contributed by atoms with Crippen LogP contribution in [0.5, 0.6) is 5.88 Å². The molecule has 1 amide bonds. The highest BCUT2D eigenvalue weighted by atomic mass is 32.2. The summed E-state index contributed by atoms with van der Waals surface area (Å²) in [6.45, 7) is 10.3. The number of nitrogens with zero attached hydrogens (tertiary/aromatic N) is 4. The highest BCUT2D eigenvalue weighted by Crippen LogP contribution is 2.37. The average Bonchev–Trinajstić information content (AvgIpc) is 2.92. The Balaban J connectivity index is 1.41. The minimum Gasteiger partial charge on any atom is -0.475 e. The van der Waals surface area contributed by atoms with Crippen molar-refractivity contribution in [1.29, 1.82) is 0 Å². The summed E-state index contributed by atoms with van der Waals surface area (Å²) in [5.41, 5.74) is 3.79. The lowest BCUT2D eigenvalue weighted by molar-refractivity contribution is -0.0858. The number of hydrogen-bond donors (Lipinski definition) is 1. The molecule has 1 atom stereocenters. The number of sulfonamides is 1. The zero-order chi connectivity index (χ0) is 31.2. The summed E-state index contributed by atoms with van der Waals surface area (Å²) in [6.07, 6.45) is 2.70. The van der Waals surface area contributed by atoms with Crippen molar-refractivity contribution in [2.45, 2.75) is 76.1 Å². The van der Waals surface area contributed by atoms with Gasteiger partial charge in [-0.1, -0.05) is 38.1 Å². The number of amides is 1. The van der Waals surface area contributed by atoms with E-state index in [-0.39, 0.29) is 47.4 Å². The molecule has 6 rings (SSSR count). The van der Waals surface area contributed by atoms with Gasteiger partial charge in [0.1, 0.15) is 6.61 Å². The highest BCUT2D eigenvalue weighted by molar-refractivity contribution is 7.92. The number of rotatable bonds is 6. The Kier molecular flexibility index (Phi) is 8.38. The van der Waals surface area contributed by atoms with Crippen LogP contribution in [0.15, 0.2) is 53.4 Å². The van der Waals surface area contributed by atoms with E-state index < -0.39 is 10.0 Å². The van der Waals surface area contributed by atoms with E-state index in [9.17, 15) is 13.2 Å². The molecule has 0 radical (unpaired) electrons. The molecule has 44 heavy (non-hydrogen) atoms. The normalized spacial score (nSPS) is 23.8. The lowest BCUT2D eigenvalue weighted by Gasteiger charge is -2.53. The first-order chi connectivity index (χ1) is 21.0. The van der Waals surface area contributed by atoms with Gasteiger partial charge in [-0.2, -0.15) is 4.98 Å². The van der Waals surface area contributed by atoms with Crippen LogP contribution in [0.25, 0.3) is 11.3 Å². The molecule has 11 heteroatoms. The van der Waals surface area contributed by atoms with Crippen molar-refractivity contribution in [1.82, 2.24) is 19.8 Å². The van der Waals surface area contributed by atoms with Crippen LogP contribution >= 0.6 is 0 Å². The summed E-state index contributed by atoms with van der Waals surface area (Å²) in [7, 11) is -2.36. The van der Waals surface area contributed by atoms with Gasteiger partial charge in [-0.25, -0.2) is 18.1 Å². The molecule has 1 saturated carbocycles. The fourth-order valence-corrected chi connectivity index (χ4v) is 7.62. The fourth-order valence-electron chi connectivity index (χ4n) is 6.63. The lowest BCUT2D eigenvalue weighted by atomic mass is 9.81. The van der Waals surface area contributed by atoms with Crippen molar-refractivity contribution in [2.75, 3.05) is 31.5 Å². The van der Waals surface area contributed by atoms with Crippen LogP contribution in [-0.2, 0) is 14.8 Å². The van der Waals surface area contributed by atoms with Crippen LogP contribution in [0, 0.1) is 19.8 Å². The molecule has 2 aliphatic heterocycles. The molecule has 0 spiro atoms. The SMILES string of the molecule is COC1CN(C2CC(N3C(=O)c4cccc(c4)S(=O)(=O)Nc4nc(cc(-c5c(C)cccc5C)n4)OC[C@H]3CC(C)C)C2)C1. The van der Waals surface area contributed by atoms with E-state index in [0.29, 0.717) is 23.2 Å². The second kappa shape index (κ2) is 12.1. The number of nitrogens with one attached hydrogen (secondary N) is 1. The average molecular weight is 620 g/mol. The van der Waals surface area contributed by atoms with E-state index >= 15 is 0 Å². The van der Waals surface area contributed by atoms with Gasteiger partial charge in [-0.3, -0.25) is 9.69 Å². The number of likely N-dealkylation sites (tertiary alicyclic amines) is 1. The van der Waals surface area contributed by atoms with Crippen LogP contribution in [0.4, 0.5) is 5.95 Å². The molecule has 234 valence electrons. The molecule has 1 aromatic heterocycles. The van der Waals surface area contributed by atoms with Crippen molar-refractivity contribution in [3.63, 3.8) is 0 Å². The van der Waals surface area contributed by atoms with Crippen LogP contribution in [-0.4, -0.2) is 85.1 Å². The second-order valence-electron chi connectivity index (χ2n) is 12.7. The molecule has 1 N–H and O–H groups in total. The maximum absolute atomic E-state index is 14.3. The predicted molar refractivity (Wildman–Crippen MR) is 168 cm³/mol. The number of anilines is 1. The third kappa shape index (κ3) is 6.05. The Hall–Kier alpha value is -3.54. The van der Waals surface area contributed by atoms with Crippen molar-refractivity contribution in [3.8, 4) is 17.1 Å². The Labute approximate surface area is 259 Å². The highest BCUT2D eigenvalue weighted by Gasteiger charge is 2.45. The van der Waals surface area contributed by atoms with E-state index in [1.165, 1.54) is 12.1 Å². The molecule has 3 aliphatic rings. The van der Waals surface area contributed by atoms with E-state index in [1.807, 2.05) is 36.9 Å². The summed E-state index contributed by atoms with van der Waals surface area (Å²) in [4.78, 5) is 27.7. The van der Waals surface area contributed by atoms with Crippen LogP contribution in [0.2, 0.25) is 0 Å². The first-order valence-corrected chi connectivity index (χ1v) is 16.8. The lowest BCUT2D eigenvalue weighted by Crippen LogP contribution is -2.64. The number of carbonyl (C=O) groups is 1. The Morgan fingerprint density at radius 3 is 2.41 bits per heavy atom. The standard InChI is InChI=1S/C33H41N5O5S/c1-20(2)12-26-19-43-30-16-29(31-21(3)8-6-9-22(31)4)34-33(35-30)36-44(40,41)28-11-7-10-23(13-28)32(39)38(26)25-14-24(15-25)37-17-27(18-37)42-5/h6-11,13,16,20,24-27H,12,14-15,17-19H2,1-5H3,(H,34,35,36)/t24?,25?,26-/m1/s1. The number of carbonyl (C=O) groups excluding carboxylic acids is 1. The van der Waals surface area contributed by atoms with E-state index in [1.54, 1.807) is 25.3 Å². The molecule has 4 bridgehead atoms. The fraction of sp³-hybridized carbons (Fsp3) is 0.485. The first kappa shape index (κ1) is 30.5. The first-order valence-electron chi connectivity index (χ1n) is 15.3. The number of hydrogen-bond acceptors (Lipinski definition) is 8. The summed E-state index contributed by atoms with van der Waals surface area (Å²) < 4.78 is 41.6. The zero-order valence-corrected chi connectivity index (χ0v) is 26.8. The zero-order valence-electron chi connectivity index (χ0n) is 26.0. The molecule has 2 aromatic carbocycles. The summed E-state index contributed by atoms with van der Waals surface area (Å²) in [5, 5.41) is 0. The number of benzene rings is 2. The maximum atomic E-state index is 14.3. The molecular formula is C33H41N5O5S. The van der Waals surface area contributed by atoms with Gasteiger partial charge in [0.25, 0.3) is 15.9 Å². The molecule has 10 nitrogen and oxygen atoms in total. The number of ether oxygens (including phenoxy) is 2. The van der Waals surface area contributed by atoms with E-state index in [4.69, 9.17) is 9.47 Å². The Morgan fingerprint density at radius 2 is 1.73 bits per heavy atom. The summed E-state index contributed by atoms with van der Waals surface area (Å²) in [5.74, 6) is 0.272. The third-order valence-electron chi connectivity index (χ3n) is 9.06. The van der Waals surface area contributed by atoms with Gasteiger partial charge >= 0.3 is 0 Å². The Bertz CT molecular complexity index is 1630. The van der Waals surface area contributed by atoms with Gasteiger partial charge in [0.2, 0.25) is 11.8 Å². The van der Waals surface area contributed by atoms with Crippen LogP contribution < -0.4 is 9.46 Å². The largest absolute Gasteiger partial charge is 0.475 e. The number of methoxy groups -OCH3 is 1. The smallest absolute Gasteiger partial charge is 0.264 e. The predicted octanol–water partition coefficient (Wildman–Crippen LogP) is 4.67. The number of fused-ring (bicyclic) bond motifs is 4. The van der Waals surface area contributed by atoms with Crippen molar-refractivity contribution in [3.05, 3.63) is 65.2 Å². The third-order valence-corrected chi connectivity index (χ3v) is 10.4. The topological polar surface area (TPSA) is 114 Å². The van der Waals surface area contributed by atoms with Gasteiger partial charge in [0.05, 0.1) is 22.7 Å². The van der Waals surface area contributed by atoms with Gasteiger partial charge in [-0.15, -0.1) is 0 Å². The van der Waals surface area contributed by atoms with E-state index in [2.05, 4.69) is 33.4 Å². The summed E-state index contributed by atoms with van der Waals surface area (Å²) in [6, 6.07) is 14.1. The van der Waals surface area contributed by atoms with Crippen LogP contribution in [0.3, 0.4) is 0 Å². The van der Waals surface area contributed by atoms with Crippen molar-refractivity contribution < 1.29 is 22.7 Å². The molecular weight excluding hydrogens is 578 g/mol. The minimum atomic E-state index is -4.11. The monoisotopic (exact) mass is 619 g/mol. The Morgan fingerprint density at radius 1 is 1.02 bits per heavy atom. The second-order valence-corrected chi connectivity index (χ2v) is 14.4. The van der Waals surface area contributed by atoms with Crippen molar-refractivity contribution in [2.24, 2.45) is 5.92 Å². The van der Waals surface area contributed by atoms with Gasteiger partial charge in [0.15, 0.2) is 0 Å². The van der Waals surface area contributed by atoms with Crippen molar-refractivity contribution >= 4 is 21.9 Å². The summed E-state index contributed by atoms with van der Waals surface area (Å²) >= 11 is 0. The quantitative estimate of drug-likeness (QED) is 0.424. The molecule has 1 saturated heterocycles. The van der Waals surface area contributed by atoms with Gasteiger partial charge in [0, 0.05) is 49.5 Å².